The number of nitrogens with zero attached hydrogens (tertiary/aromatic N) is 4. The Balaban J connectivity index is 2.12. The van der Waals surface area contributed by atoms with Gasteiger partial charge in [-0.25, -0.2) is 4.79 Å². The monoisotopic (exact) mass is 310 g/mol. The first-order valence-electron chi connectivity index (χ1n) is 7.04. The minimum absolute atomic E-state index is 0.207. The summed E-state index contributed by atoms with van der Waals surface area (Å²) in [6, 6.07) is 0. The summed E-state index contributed by atoms with van der Waals surface area (Å²) in [6.45, 7) is -0.223. The number of likely N-dealkylation sites (N-methyl/N-ethyl adjacent to an activating group) is 1. The van der Waals surface area contributed by atoms with Crippen molar-refractivity contribution in [3.05, 3.63) is 22.5 Å². The third-order valence-corrected chi connectivity index (χ3v) is 4.22. The lowest BCUT2D eigenvalue weighted by atomic mass is 9.80. The molecule has 1 fully saturated rings. The second kappa shape index (κ2) is 6.12. The fourth-order valence-corrected chi connectivity index (χ4v) is 2.85. The molecule has 0 radical (unpaired) electrons. The number of hydrogen-bond donors (Lipinski definition) is 1. The molecule has 1 saturated carbocycles. The average Bonchev–Trinajstić information content (AvgIpc) is 2.95. The number of carbonyl (C=O) groups is 2. The SMILES string of the molecule is CN(C(=O)Cn1cc([N+](=O)[O-])cn1)C1(C(=O)O)CCCCC1. The van der Waals surface area contributed by atoms with Gasteiger partial charge >= 0.3 is 11.7 Å². The van der Waals surface area contributed by atoms with Crippen LogP contribution in [0.4, 0.5) is 5.69 Å². The molecule has 1 heterocycles. The van der Waals surface area contributed by atoms with Crippen molar-refractivity contribution in [2.24, 2.45) is 0 Å². The molecule has 0 spiro atoms. The maximum absolute atomic E-state index is 12.3. The minimum atomic E-state index is -1.19. The fourth-order valence-electron chi connectivity index (χ4n) is 2.85. The van der Waals surface area contributed by atoms with E-state index in [0.717, 1.165) is 36.3 Å². The molecule has 0 bridgehead atoms. The van der Waals surface area contributed by atoms with Gasteiger partial charge in [0.25, 0.3) is 0 Å². The van der Waals surface area contributed by atoms with Gasteiger partial charge in [-0.3, -0.25) is 19.6 Å². The van der Waals surface area contributed by atoms with Crippen LogP contribution in [0.3, 0.4) is 0 Å². The number of aromatic nitrogens is 2. The van der Waals surface area contributed by atoms with Crippen LogP contribution in [0.2, 0.25) is 0 Å². The first-order valence-corrected chi connectivity index (χ1v) is 7.04. The zero-order chi connectivity index (χ0) is 16.3. The van der Waals surface area contributed by atoms with Crippen molar-refractivity contribution in [1.82, 2.24) is 14.7 Å². The number of hydrogen-bond acceptors (Lipinski definition) is 5. The van der Waals surface area contributed by atoms with E-state index in [4.69, 9.17) is 0 Å². The molecule has 22 heavy (non-hydrogen) atoms. The Hall–Kier alpha value is -2.45. The number of carboxylic acid groups (broad SMARTS) is 1. The molecule has 0 saturated heterocycles. The Bertz CT molecular complexity index is 591. The number of carboxylic acids is 1. The third kappa shape index (κ3) is 2.92. The first kappa shape index (κ1) is 15.9. The second-order valence-corrected chi connectivity index (χ2v) is 5.50. The fraction of sp³-hybridized carbons (Fsp3) is 0.615. The number of amides is 1. The van der Waals surface area contributed by atoms with Crippen molar-refractivity contribution in [1.29, 1.82) is 0 Å². The highest BCUT2D eigenvalue weighted by Gasteiger charge is 2.45. The number of carbonyl (C=O) groups excluding carboxylic acids is 1. The summed E-state index contributed by atoms with van der Waals surface area (Å²) in [5.41, 5.74) is -1.39. The zero-order valence-corrected chi connectivity index (χ0v) is 12.3. The lowest BCUT2D eigenvalue weighted by molar-refractivity contribution is -0.385. The number of aliphatic carboxylic acids is 1. The Morgan fingerprint density at radius 1 is 1.45 bits per heavy atom. The standard InChI is InChI=1S/C13H18N4O5/c1-15(13(12(19)20)5-3-2-4-6-13)11(18)9-16-8-10(7-14-16)17(21)22/h7-8H,2-6,9H2,1H3,(H,19,20). The van der Waals surface area contributed by atoms with E-state index in [1.165, 1.54) is 11.9 Å². The topological polar surface area (TPSA) is 119 Å². The van der Waals surface area contributed by atoms with Crippen molar-refractivity contribution >= 4 is 17.6 Å². The second-order valence-electron chi connectivity index (χ2n) is 5.50. The van der Waals surface area contributed by atoms with Crippen LogP contribution < -0.4 is 0 Å². The summed E-state index contributed by atoms with van der Waals surface area (Å²) in [7, 11) is 1.47. The molecule has 1 aromatic rings. The van der Waals surface area contributed by atoms with E-state index in [1.807, 2.05) is 0 Å². The molecule has 1 aliphatic carbocycles. The summed E-state index contributed by atoms with van der Waals surface area (Å²) >= 11 is 0. The van der Waals surface area contributed by atoms with Crippen LogP contribution in [-0.4, -0.2) is 49.2 Å². The van der Waals surface area contributed by atoms with E-state index in [-0.39, 0.29) is 12.2 Å². The van der Waals surface area contributed by atoms with Crippen LogP contribution in [0.5, 0.6) is 0 Å². The van der Waals surface area contributed by atoms with E-state index >= 15 is 0 Å². The average molecular weight is 310 g/mol. The smallest absolute Gasteiger partial charge is 0.329 e. The molecule has 9 heteroatoms. The molecule has 0 aliphatic heterocycles. The molecule has 1 amide bonds. The molecule has 0 atom stereocenters. The van der Waals surface area contributed by atoms with E-state index in [0.29, 0.717) is 12.8 Å². The summed E-state index contributed by atoms with van der Waals surface area (Å²) in [5, 5.41) is 23.9. The van der Waals surface area contributed by atoms with Gasteiger partial charge in [-0.15, -0.1) is 0 Å². The Kier molecular flexibility index (Phi) is 4.43. The molecule has 9 nitrogen and oxygen atoms in total. The van der Waals surface area contributed by atoms with Crippen LogP contribution in [0.15, 0.2) is 12.4 Å². The highest BCUT2D eigenvalue weighted by Crippen LogP contribution is 2.33. The van der Waals surface area contributed by atoms with Crippen LogP contribution in [0.25, 0.3) is 0 Å². The van der Waals surface area contributed by atoms with Gasteiger partial charge in [0.1, 0.15) is 24.5 Å². The van der Waals surface area contributed by atoms with Crippen LogP contribution >= 0.6 is 0 Å². The Morgan fingerprint density at radius 2 is 2.09 bits per heavy atom. The number of nitro groups is 1. The van der Waals surface area contributed by atoms with Gasteiger partial charge in [-0.1, -0.05) is 19.3 Å². The lowest BCUT2D eigenvalue weighted by Crippen LogP contribution is -2.57. The molecule has 1 aromatic heterocycles. The maximum Gasteiger partial charge on any atom is 0.329 e. The Morgan fingerprint density at radius 3 is 2.59 bits per heavy atom. The molecule has 2 rings (SSSR count). The van der Waals surface area contributed by atoms with Gasteiger partial charge in [-0.05, 0) is 12.8 Å². The predicted octanol–water partition coefficient (Wildman–Crippen LogP) is 1.04. The summed E-state index contributed by atoms with van der Waals surface area (Å²) < 4.78 is 1.15. The van der Waals surface area contributed by atoms with Gasteiger partial charge < -0.3 is 10.0 Å². The van der Waals surface area contributed by atoms with Crippen molar-refractivity contribution in [3.8, 4) is 0 Å². The van der Waals surface area contributed by atoms with Crippen LogP contribution in [0, 0.1) is 10.1 Å². The molecular formula is C13H18N4O5. The highest BCUT2D eigenvalue weighted by atomic mass is 16.6. The third-order valence-electron chi connectivity index (χ3n) is 4.22. The largest absolute Gasteiger partial charge is 0.479 e. The predicted molar refractivity (Wildman–Crippen MR) is 75.1 cm³/mol. The molecular weight excluding hydrogens is 292 g/mol. The summed E-state index contributed by atoms with van der Waals surface area (Å²) in [6.07, 6.45) is 5.53. The van der Waals surface area contributed by atoms with E-state index in [2.05, 4.69) is 5.10 Å². The van der Waals surface area contributed by atoms with Crippen LogP contribution in [-0.2, 0) is 16.1 Å². The van der Waals surface area contributed by atoms with Gasteiger partial charge in [-0.2, -0.15) is 5.10 Å². The van der Waals surface area contributed by atoms with Crippen molar-refractivity contribution in [2.75, 3.05) is 7.05 Å². The zero-order valence-electron chi connectivity index (χ0n) is 12.3. The first-order chi connectivity index (χ1) is 10.4. The lowest BCUT2D eigenvalue weighted by Gasteiger charge is -2.40. The van der Waals surface area contributed by atoms with Gasteiger partial charge in [0.2, 0.25) is 5.91 Å². The van der Waals surface area contributed by atoms with Gasteiger partial charge in [0.05, 0.1) is 4.92 Å². The van der Waals surface area contributed by atoms with Crippen LogP contribution in [0.1, 0.15) is 32.1 Å². The number of rotatable bonds is 5. The highest BCUT2D eigenvalue weighted by molar-refractivity contribution is 5.87. The van der Waals surface area contributed by atoms with Gasteiger partial charge in [0, 0.05) is 7.05 Å². The van der Waals surface area contributed by atoms with Crippen molar-refractivity contribution in [2.45, 2.75) is 44.2 Å². The molecule has 1 aliphatic rings. The van der Waals surface area contributed by atoms with E-state index in [9.17, 15) is 24.8 Å². The molecule has 120 valence electrons. The normalized spacial score (nSPS) is 17.0. The summed E-state index contributed by atoms with van der Waals surface area (Å²) in [5.74, 6) is -1.43. The molecule has 1 N–H and O–H groups in total. The van der Waals surface area contributed by atoms with Crippen molar-refractivity contribution < 1.29 is 19.6 Å². The van der Waals surface area contributed by atoms with Gasteiger partial charge in [0.15, 0.2) is 0 Å². The molecule has 0 aromatic carbocycles. The Labute approximate surface area is 126 Å². The quantitative estimate of drug-likeness (QED) is 0.641. The molecule has 0 unspecified atom stereocenters. The van der Waals surface area contributed by atoms with E-state index < -0.39 is 22.3 Å². The summed E-state index contributed by atoms with van der Waals surface area (Å²) in [4.78, 5) is 35.2. The van der Waals surface area contributed by atoms with Crippen molar-refractivity contribution in [3.63, 3.8) is 0 Å². The minimum Gasteiger partial charge on any atom is -0.479 e. The maximum atomic E-state index is 12.3. The van der Waals surface area contributed by atoms with E-state index in [1.54, 1.807) is 0 Å².